The van der Waals surface area contributed by atoms with Crippen LogP contribution in [0.3, 0.4) is 0 Å². The molecule has 0 spiro atoms. The lowest BCUT2D eigenvalue weighted by atomic mass is 10.2. The van der Waals surface area contributed by atoms with Gasteiger partial charge in [0.25, 0.3) is 5.91 Å². The van der Waals surface area contributed by atoms with Crippen LogP contribution >= 0.6 is 11.6 Å². The SMILES string of the molecule is COc1cc(CNCCCCO)cc(Cl)c1OCC(=O)Nc1ccc(C)cc1. The molecule has 0 aliphatic carbocycles. The molecule has 2 rings (SSSR count). The number of carbonyl (C=O) groups excluding carboxylic acids is 1. The van der Waals surface area contributed by atoms with E-state index in [1.54, 1.807) is 6.07 Å². The zero-order valence-electron chi connectivity index (χ0n) is 16.3. The number of aliphatic hydroxyl groups excluding tert-OH is 1. The third-order valence-corrected chi connectivity index (χ3v) is 4.34. The summed E-state index contributed by atoms with van der Waals surface area (Å²) in [4.78, 5) is 12.1. The van der Waals surface area contributed by atoms with Crippen molar-refractivity contribution < 1.29 is 19.4 Å². The lowest BCUT2D eigenvalue weighted by Crippen LogP contribution is -2.20. The summed E-state index contributed by atoms with van der Waals surface area (Å²) >= 11 is 6.34. The fourth-order valence-electron chi connectivity index (χ4n) is 2.58. The number of ether oxygens (including phenoxy) is 2. The number of amides is 1. The van der Waals surface area contributed by atoms with E-state index in [1.165, 1.54) is 7.11 Å². The van der Waals surface area contributed by atoms with Gasteiger partial charge in [0.1, 0.15) is 0 Å². The van der Waals surface area contributed by atoms with Gasteiger partial charge in [-0.2, -0.15) is 0 Å². The second kappa shape index (κ2) is 11.5. The van der Waals surface area contributed by atoms with Gasteiger partial charge in [0.15, 0.2) is 18.1 Å². The summed E-state index contributed by atoms with van der Waals surface area (Å²) in [5, 5.41) is 15.2. The van der Waals surface area contributed by atoms with Gasteiger partial charge in [0, 0.05) is 18.8 Å². The van der Waals surface area contributed by atoms with Crippen LogP contribution in [0.25, 0.3) is 0 Å². The number of benzene rings is 2. The first-order valence-corrected chi connectivity index (χ1v) is 9.58. The van der Waals surface area contributed by atoms with E-state index >= 15 is 0 Å². The molecule has 0 saturated carbocycles. The van der Waals surface area contributed by atoms with Crippen LogP contribution < -0.4 is 20.1 Å². The first-order chi connectivity index (χ1) is 13.5. The molecule has 0 aliphatic heterocycles. The summed E-state index contributed by atoms with van der Waals surface area (Å²) in [5.41, 5.74) is 2.77. The Hall–Kier alpha value is -2.28. The molecule has 2 aromatic carbocycles. The van der Waals surface area contributed by atoms with Crippen molar-refractivity contribution in [2.75, 3.05) is 32.2 Å². The number of carbonyl (C=O) groups is 1. The monoisotopic (exact) mass is 406 g/mol. The van der Waals surface area contributed by atoms with Crippen molar-refractivity contribution in [2.45, 2.75) is 26.3 Å². The van der Waals surface area contributed by atoms with Crippen LogP contribution in [-0.2, 0) is 11.3 Å². The van der Waals surface area contributed by atoms with Crippen molar-refractivity contribution in [1.82, 2.24) is 5.32 Å². The first-order valence-electron chi connectivity index (χ1n) is 9.20. The van der Waals surface area contributed by atoms with Gasteiger partial charge in [0.2, 0.25) is 0 Å². The number of aliphatic hydroxyl groups is 1. The Morgan fingerprint density at radius 3 is 2.61 bits per heavy atom. The second-order valence-electron chi connectivity index (χ2n) is 6.42. The number of anilines is 1. The van der Waals surface area contributed by atoms with Crippen LogP contribution in [-0.4, -0.2) is 37.9 Å². The van der Waals surface area contributed by atoms with E-state index in [1.807, 2.05) is 37.3 Å². The first kappa shape index (κ1) is 22.0. The van der Waals surface area contributed by atoms with Gasteiger partial charge in [-0.3, -0.25) is 4.79 Å². The highest BCUT2D eigenvalue weighted by molar-refractivity contribution is 6.32. The molecule has 0 aromatic heterocycles. The van der Waals surface area contributed by atoms with E-state index in [0.29, 0.717) is 28.8 Å². The Labute approximate surface area is 170 Å². The van der Waals surface area contributed by atoms with E-state index in [-0.39, 0.29) is 19.1 Å². The molecule has 0 unspecified atom stereocenters. The van der Waals surface area contributed by atoms with Gasteiger partial charge >= 0.3 is 0 Å². The third kappa shape index (κ3) is 7.03. The van der Waals surface area contributed by atoms with Crippen molar-refractivity contribution >= 4 is 23.2 Å². The molecule has 1 amide bonds. The van der Waals surface area contributed by atoms with Crippen molar-refractivity contribution in [3.63, 3.8) is 0 Å². The van der Waals surface area contributed by atoms with E-state index in [0.717, 1.165) is 30.5 Å². The summed E-state index contributed by atoms with van der Waals surface area (Å²) in [7, 11) is 1.53. The topological polar surface area (TPSA) is 79.8 Å². The molecule has 0 fully saturated rings. The predicted octanol–water partition coefficient (Wildman–Crippen LogP) is 3.54. The number of hydrogen-bond donors (Lipinski definition) is 3. The smallest absolute Gasteiger partial charge is 0.262 e. The molecular weight excluding hydrogens is 380 g/mol. The Balaban J connectivity index is 1.92. The molecule has 0 radical (unpaired) electrons. The van der Waals surface area contributed by atoms with Crippen LogP contribution in [0, 0.1) is 6.92 Å². The average molecular weight is 407 g/mol. The fraction of sp³-hybridized carbons (Fsp3) is 0.381. The van der Waals surface area contributed by atoms with Crippen molar-refractivity contribution in [3.05, 3.63) is 52.5 Å². The number of halogens is 1. The lowest BCUT2D eigenvalue weighted by molar-refractivity contribution is -0.118. The molecule has 0 heterocycles. The maximum absolute atomic E-state index is 12.1. The van der Waals surface area contributed by atoms with E-state index < -0.39 is 0 Å². The van der Waals surface area contributed by atoms with Crippen molar-refractivity contribution in [3.8, 4) is 11.5 Å². The zero-order chi connectivity index (χ0) is 20.4. The molecule has 6 nitrogen and oxygen atoms in total. The summed E-state index contributed by atoms with van der Waals surface area (Å²) in [6, 6.07) is 11.1. The van der Waals surface area contributed by atoms with Gasteiger partial charge < -0.3 is 25.2 Å². The van der Waals surface area contributed by atoms with E-state index in [4.69, 9.17) is 26.2 Å². The minimum atomic E-state index is -0.281. The maximum Gasteiger partial charge on any atom is 0.262 e. The summed E-state index contributed by atoms with van der Waals surface area (Å²) < 4.78 is 11.0. The number of rotatable bonds is 11. The minimum absolute atomic E-state index is 0.178. The standard InChI is InChI=1S/C21H27ClN2O4/c1-15-5-7-17(8-6-15)24-20(26)14-28-21-18(22)11-16(12-19(21)27-2)13-23-9-3-4-10-25/h5-8,11-12,23,25H,3-4,9-10,13-14H2,1-2H3,(H,24,26). The van der Waals surface area contributed by atoms with Crippen LogP contribution in [0.5, 0.6) is 11.5 Å². The second-order valence-corrected chi connectivity index (χ2v) is 6.83. The van der Waals surface area contributed by atoms with Gasteiger partial charge in [-0.05, 0) is 56.1 Å². The van der Waals surface area contributed by atoms with Gasteiger partial charge in [0.05, 0.1) is 12.1 Å². The summed E-state index contributed by atoms with van der Waals surface area (Å²) in [6.45, 7) is 3.43. The number of hydrogen-bond acceptors (Lipinski definition) is 5. The largest absolute Gasteiger partial charge is 0.493 e. The third-order valence-electron chi connectivity index (χ3n) is 4.06. The van der Waals surface area contributed by atoms with Crippen LogP contribution in [0.1, 0.15) is 24.0 Å². The molecule has 2 aromatic rings. The van der Waals surface area contributed by atoms with Crippen LogP contribution in [0.2, 0.25) is 5.02 Å². The lowest BCUT2D eigenvalue weighted by Gasteiger charge is -2.14. The summed E-state index contributed by atoms with van der Waals surface area (Å²) in [6.07, 6.45) is 1.67. The number of nitrogens with one attached hydrogen (secondary N) is 2. The van der Waals surface area contributed by atoms with Crippen molar-refractivity contribution in [1.29, 1.82) is 0 Å². The molecule has 28 heavy (non-hydrogen) atoms. The summed E-state index contributed by atoms with van der Waals surface area (Å²) in [5.74, 6) is 0.534. The molecule has 152 valence electrons. The highest BCUT2D eigenvalue weighted by Gasteiger charge is 2.14. The molecule has 0 atom stereocenters. The van der Waals surface area contributed by atoms with Gasteiger partial charge in [-0.15, -0.1) is 0 Å². The fourth-order valence-corrected chi connectivity index (χ4v) is 2.87. The Bertz CT molecular complexity index is 766. The molecule has 0 saturated heterocycles. The minimum Gasteiger partial charge on any atom is -0.493 e. The molecule has 7 heteroatoms. The normalized spacial score (nSPS) is 10.6. The highest BCUT2D eigenvalue weighted by atomic mass is 35.5. The Morgan fingerprint density at radius 1 is 1.18 bits per heavy atom. The zero-order valence-corrected chi connectivity index (χ0v) is 17.0. The molecule has 3 N–H and O–H groups in total. The predicted molar refractivity (Wildman–Crippen MR) is 111 cm³/mol. The number of unbranched alkanes of at least 4 members (excludes halogenated alkanes) is 1. The molecule has 0 aliphatic rings. The highest BCUT2D eigenvalue weighted by Crippen LogP contribution is 2.36. The maximum atomic E-state index is 12.1. The Kier molecular flexibility index (Phi) is 9.07. The number of aryl methyl sites for hydroxylation is 1. The average Bonchev–Trinajstić information content (AvgIpc) is 2.68. The molecular formula is C21H27ClN2O4. The van der Waals surface area contributed by atoms with Gasteiger partial charge in [-0.25, -0.2) is 0 Å². The van der Waals surface area contributed by atoms with E-state index in [2.05, 4.69) is 10.6 Å². The van der Waals surface area contributed by atoms with Crippen molar-refractivity contribution in [2.24, 2.45) is 0 Å². The van der Waals surface area contributed by atoms with Crippen LogP contribution in [0.15, 0.2) is 36.4 Å². The van der Waals surface area contributed by atoms with Crippen LogP contribution in [0.4, 0.5) is 5.69 Å². The van der Waals surface area contributed by atoms with E-state index in [9.17, 15) is 4.79 Å². The number of methoxy groups -OCH3 is 1. The molecule has 0 bridgehead atoms. The Morgan fingerprint density at radius 2 is 1.93 bits per heavy atom. The quantitative estimate of drug-likeness (QED) is 0.497. The van der Waals surface area contributed by atoms with Gasteiger partial charge in [-0.1, -0.05) is 29.3 Å².